The number of hydrogen-bond acceptors (Lipinski definition) is 4. The van der Waals surface area contributed by atoms with E-state index in [1.807, 2.05) is 19.2 Å². The molecule has 0 atom stereocenters. The summed E-state index contributed by atoms with van der Waals surface area (Å²) < 4.78 is 0. The molecule has 1 aliphatic rings. The molecule has 1 saturated carbocycles. The van der Waals surface area contributed by atoms with Gasteiger partial charge in [0.2, 0.25) is 0 Å². The van der Waals surface area contributed by atoms with Crippen molar-refractivity contribution in [2.75, 3.05) is 11.9 Å². The third kappa shape index (κ3) is 3.72. The van der Waals surface area contributed by atoms with Gasteiger partial charge in [-0.2, -0.15) is 0 Å². The Balaban J connectivity index is 1.88. The molecular weight excluding hydrogens is 290 g/mol. The number of carbonyl (C=O) groups excluding carboxylic acids is 1. The molecule has 116 valence electrons. The Kier molecular flexibility index (Phi) is 4.82. The molecule has 0 aliphatic heterocycles. The Hall–Kier alpha value is -1.63. The number of anilines is 1. The first-order chi connectivity index (χ1) is 9.93. The maximum absolute atomic E-state index is 11.9. The minimum absolute atomic E-state index is 0.163. The van der Waals surface area contributed by atoms with Gasteiger partial charge in [0.25, 0.3) is 0 Å². The number of rotatable bonds is 5. The van der Waals surface area contributed by atoms with Crippen LogP contribution in [0.1, 0.15) is 51.1 Å². The van der Waals surface area contributed by atoms with E-state index in [1.54, 1.807) is 0 Å². The van der Waals surface area contributed by atoms with Crippen molar-refractivity contribution in [3.8, 4) is 0 Å². The molecule has 21 heavy (non-hydrogen) atoms. The summed E-state index contributed by atoms with van der Waals surface area (Å²) in [5.41, 5.74) is 0.136. The maximum atomic E-state index is 11.9. The molecule has 1 aromatic heterocycles. The van der Waals surface area contributed by atoms with Gasteiger partial charge in [-0.1, -0.05) is 26.7 Å². The van der Waals surface area contributed by atoms with Crippen LogP contribution in [0, 0.1) is 5.41 Å². The molecular formula is C14H21N3O3S. The molecule has 0 spiro atoms. The third-order valence-corrected chi connectivity index (χ3v) is 4.71. The van der Waals surface area contributed by atoms with Crippen molar-refractivity contribution in [1.82, 2.24) is 10.3 Å². The lowest BCUT2D eigenvalue weighted by molar-refractivity contribution is -0.148. The van der Waals surface area contributed by atoms with Crippen LogP contribution in [-0.4, -0.2) is 28.6 Å². The van der Waals surface area contributed by atoms with E-state index in [9.17, 15) is 14.7 Å². The molecule has 1 heterocycles. The number of hydrogen-bond donors (Lipinski definition) is 3. The van der Waals surface area contributed by atoms with E-state index in [2.05, 4.69) is 15.6 Å². The summed E-state index contributed by atoms with van der Waals surface area (Å²) in [6.45, 7) is 4.24. The number of aromatic nitrogens is 1. The van der Waals surface area contributed by atoms with Crippen molar-refractivity contribution >= 4 is 28.5 Å². The molecule has 7 heteroatoms. The third-order valence-electron chi connectivity index (χ3n) is 3.94. The maximum Gasteiger partial charge on any atom is 0.321 e. The smallest absolute Gasteiger partial charge is 0.321 e. The number of aliphatic carboxylic acids is 1. The van der Waals surface area contributed by atoms with Gasteiger partial charge >= 0.3 is 12.0 Å². The van der Waals surface area contributed by atoms with Crippen LogP contribution in [0.3, 0.4) is 0 Å². The molecule has 0 radical (unpaired) electrons. The van der Waals surface area contributed by atoms with Crippen LogP contribution in [0.2, 0.25) is 0 Å². The van der Waals surface area contributed by atoms with Gasteiger partial charge in [-0.3, -0.25) is 10.1 Å². The first-order valence-electron chi connectivity index (χ1n) is 7.17. The van der Waals surface area contributed by atoms with Gasteiger partial charge in [-0.15, -0.1) is 11.3 Å². The predicted octanol–water partition coefficient (Wildman–Crippen LogP) is 3.03. The van der Waals surface area contributed by atoms with Crippen LogP contribution < -0.4 is 10.6 Å². The van der Waals surface area contributed by atoms with Gasteiger partial charge < -0.3 is 10.4 Å². The molecule has 1 fully saturated rings. The van der Waals surface area contributed by atoms with Gasteiger partial charge in [0.1, 0.15) is 0 Å². The Morgan fingerprint density at radius 1 is 1.43 bits per heavy atom. The highest BCUT2D eigenvalue weighted by atomic mass is 32.1. The molecule has 1 aromatic rings. The second-order valence-corrected chi connectivity index (χ2v) is 6.69. The molecule has 6 nitrogen and oxygen atoms in total. The molecule has 0 saturated heterocycles. The first-order valence-corrected chi connectivity index (χ1v) is 8.04. The second-order valence-electron chi connectivity index (χ2n) is 5.83. The summed E-state index contributed by atoms with van der Waals surface area (Å²) in [7, 11) is 0. The van der Waals surface area contributed by atoms with Crippen LogP contribution in [-0.2, 0) is 4.79 Å². The van der Waals surface area contributed by atoms with Crippen molar-refractivity contribution in [3.05, 3.63) is 11.1 Å². The van der Waals surface area contributed by atoms with Gasteiger partial charge in [0.15, 0.2) is 5.13 Å². The van der Waals surface area contributed by atoms with E-state index in [-0.39, 0.29) is 6.54 Å². The lowest BCUT2D eigenvalue weighted by atomic mass is 9.86. The van der Waals surface area contributed by atoms with E-state index in [0.717, 1.165) is 18.5 Å². The highest BCUT2D eigenvalue weighted by Crippen LogP contribution is 2.37. The normalized spacial score (nSPS) is 16.9. The van der Waals surface area contributed by atoms with E-state index < -0.39 is 17.4 Å². The zero-order valence-electron chi connectivity index (χ0n) is 12.3. The van der Waals surface area contributed by atoms with Crippen LogP contribution in [0.15, 0.2) is 5.38 Å². The van der Waals surface area contributed by atoms with Crippen molar-refractivity contribution in [3.63, 3.8) is 0 Å². The monoisotopic (exact) mass is 311 g/mol. The Morgan fingerprint density at radius 3 is 2.62 bits per heavy atom. The van der Waals surface area contributed by atoms with Gasteiger partial charge in [0.05, 0.1) is 11.1 Å². The summed E-state index contributed by atoms with van der Waals surface area (Å²) in [5.74, 6) is -0.509. The average Bonchev–Trinajstić information content (AvgIpc) is 3.05. The number of carboxylic acids is 1. The van der Waals surface area contributed by atoms with Crippen LogP contribution >= 0.6 is 11.3 Å². The molecule has 2 amide bonds. The standard InChI is InChI=1S/C14H21N3O3S/c1-9(2)10-7-21-13(16-10)17-12(20)15-8-14(11(18)19)5-3-4-6-14/h7,9H,3-6,8H2,1-2H3,(H,18,19)(H2,15,16,17,20). The number of thiazole rings is 1. The molecule has 2 rings (SSSR count). The van der Waals surface area contributed by atoms with Gasteiger partial charge in [-0.25, -0.2) is 9.78 Å². The van der Waals surface area contributed by atoms with Gasteiger partial charge in [-0.05, 0) is 18.8 Å². The lowest BCUT2D eigenvalue weighted by Gasteiger charge is -2.23. The fraction of sp³-hybridized carbons (Fsp3) is 0.643. The zero-order valence-corrected chi connectivity index (χ0v) is 13.1. The predicted molar refractivity (Wildman–Crippen MR) is 81.8 cm³/mol. The highest BCUT2D eigenvalue weighted by Gasteiger charge is 2.41. The number of urea groups is 1. The number of nitrogens with one attached hydrogen (secondary N) is 2. The minimum atomic E-state index is -0.823. The number of carbonyl (C=O) groups is 2. The summed E-state index contributed by atoms with van der Waals surface area (Å²) in [4.78, 5) is 27.6. The Morgan fingerprint density at radius 2 is 2.10 bits per heavy atom. The Bertz CT molecular complexity index is 521. The lowest BCUT2D eigenvalue weighted by Crippen LogP contribution is -2.42. The fourth-order valence-corrected chi connectivity index (χ4v) is 3.38. The molecule has 3 N–H and O–H groups in total. The van der Waals surface area contributed by atoms with Crippen LogP contribution in [0.25, 0.3) is 0 Å². The number of nitrogens with zero attached hydrogens (tertiary/aromatic N) is 1. The molecule has 0 aromatic carbocycles. The van der Waals surface area contributed by atoms with E-state index in [4.69, 9.17) is 0 Å². The summed E-state index contributed by atoms with van der Waals surface area (Å²) in [5, 5.41) is 17.1. The van der Waals surface area contributed by atoms with Crippen molar-refractivity contribution in [1.29, 1.82) is 0 Å². The summed E-state index contributed by atoms with van der Waals surface area (Å²) in [6, 6.07) is -0.396. The molecule has 0 unspecified atom stereocenters. The molecule has 0 bridgehead atoms. The van der Waals surface area contributed by atoms with Crippen molar-refractivity contribution in [2.45, 2.75) is 45.4 Å². The summed E-state index contributed by atoms with van der Waals surface area (Å²) in [6.07, 6.45) is 3.05. The summed E-state index contributed by atoms with van der Waals surface area (Å²) >= 11 is 1.37. The number of carboxylic acid groups (broad SMARTS) is 1. The van der Waals surface area contributed by atoms with E-state index in [1.165, 1.54) is 11.3 Å². The van der Waals surface area contributed by atoms with Crippen LogP contribution in [0.5, 0.6) is 0 Å². The quantitative estimate of drug-likeness (QED) is 0.779. The minimum Gasteiger partial charge on any atom is -0.481 e. The second kappa shape index (κ2) is 6.43. The van der Waals surface area contributed by atoms with Crippen molar-refractivity contribution < 1.29 is 14.7 Å². The van der Waals surface area contributed by atoms with Crippen molar-refractivity contribution in [2.24, 2.45) is 5.41 Å². The van der Waals surface area contributed by atoms with Crippen LogP contribution in [0.4, 0.5) is 9.93 Å². The Labute approximate surface area is 128 Å². The molecule has 1 aliphatic carbocycles. The van der Waals surface area contributed by atoms with E-state index in [0.29, 0.717) is 23.9 Å². The number of amides is 2. The topological polar surface area (TPSA) is 91.3 Å². The highest BCUT2D eigenvalue weighted by molar-refractivity contribution is 7.13. The fourth-order valence-electron chi connectivity index (χ4n) is 2.52. The van der Waals surface area contributed by atoms with Gasteiger partial charge in [0, 0.05) is 11.9 Å². The zero-order chi connectivity index (χ0) is 15.5. The average molecular weight is 311 g/mol. The SMILES string of the molecule is CC(C)c1csc(NC(=O)NCC2(C(=O)O)CCCC2)n1. The first kappa shape index (κ1) is 15.8. The largest absolute Gasteiger partial charge is 0.481 e. The van der Waals surface area contributed by atoms with E-state index >= 15 is 0 Å².